The highest BCUT2D eigenvalue weighted by atomic mass is 79.9. The van der Waals surface area contributed by atoms with Gasteiger partial charge in [0.1, 0.15) is 11.5 Å². The molecule has 0 unspecified atom stereocenters. The molecule has 1 aromatic heterocycles. The lowest BCUT2D eigenvalue weighted by Crippen LogP contribution is -2.19. The molecule has 32 heavy (non-hydrogen) atoms. The summed E-state index contributed by atoms with van der Waals surface area (Å²) in [5.74, 6) is 1.03. The third kappa shape index (κ3) is 5.93. The summed E-state index contributed by atoms with van der Waals surface area (Å²) in [5, 5.41) is 8.42. The minimum atomic E-state index is -0.403. The van der Waals surface area contributed by atoms with Crippen LogP contribution in [0.2, 0.25) is 0 Å². The van der Waals surface area contributed by atoms with Crippen molar-refractivity contribution in [1.29, 1.82) is 0 Å². The normalized spacial score (nSPS) is 10.9. The number of hydrogen-bond donors (Lipinski definition) is 1. The number of para-hydroxylation sites is 1. The fourth-order valence-corrected chi connectivity index (χ4v) is 3.67. The van der Waals surface area contributed by atoms with Crippen molar-refractivity contribution in [3.63, 3.8) is 0 Å². The van der Waals surface area contributed by atoms with Crippen molar-refractivity contribution >= 4 is 44.0 Å². The second-order valence-corrected chi connectivity index (χ2v) is 8.61. The SMILES string of the molecule is O=C(NN=Cc1cccc(Oc2ccccc2)c1)c1nn(Cc2ccc(Br)cc2)cc1Br. The molecule has 0 saturated heterocycles. The highest BCUT2D eigenvalue weighted by Crippen LogP contribution is 2.21. The number of amides is 1. The van der Waals surface area contributed by atoms with Gasteiger partial charge >= 0.3 is 0 Å². The highest BCUT2D eigenvalue weighted by molar-refractivity contribution is 9.10. The van der Waals surface area contributed by atoms with E-state index in [1.165, 1.54) is 0 Å². The molecular weight excluding hydrogens is 536 g/mol. The summed E-state index contributed by atoms with van der Waals surface area (Å²) in [6, 6.07) is 24.9. The molecule has 3 aromatic carbocycles. The zero-order valence-electron chi connectivity index (χ0n) is 16.8. The van der Waals surface area contributed by atoms with E-state index < -0.39 is 5.91 Å². The van der Waals surface area contributed by atoms with Gasteiger partial charge in [-0.3, -0.25) is 9.48 Å². The lowest BCUT2D eigenvalue weighted by Gasteiger charge is -2.05. The van der Waals surface area contributed by atoms with E-state index in [0.717, 1.165) is 21.3 Å². The summed E-state index contributed by atoms with van der Waals surface area (Å²) in [6.07, 6.45) is 3.33. The predicted octanol–water partition coefficient (Wildman–Crippen LogP) is 6.01. The van der Waals surface area contributed by atoms with Crippen LogP contribution < -0.4 is 10.2 Å². The molecule has 0 aliphatic heterocycles. The number of hydrazone groups is 1. The molecule has 1 N–H and O–H groups in total. The zero-order valence-corrected chi connectivity index (χ0v) is 20.0. The second-order valence-electron chi connectivity index (χ2n) is 6.84. The average Bonchev–Trinajstić information content (AvgIpc) is 3.16. The van der Waals surface area contributed by atoms with Crippen LogP contribution in [-0.2, 0) is 6.54 Å². The molecule has 1 amide bonds. The Morgan fingerprint density at radius 3 is 2.53 bits per heavy atom. The summed E-state index contributed by atoms with van der Waals surface area (Å²) < 4.78 is 9.13. The lowest BCUT2D eigenvalue weighted by atomic mass is 10.2. The van der Waals surface area contributed by atoms with E-state index in [9.17, 15) is 4.79 Å². The largest absolute Gasteiger partial charge is 0.457 e. The summed E-state index contributed by atoms with van der Waals surface area (Å²) in [7, 11) is 0. The number of nitrogens with one attached hydrogen (secondary N) is 1. The van der Waals surface area contributed by atoms with Gasteiger partial charge in [0.25, 0.3) is 5.91 Å². The molecule has 0 bridgehead atoms. The fraction of sp³-hybridized carbons (Fsp3) is 0.0417. The number of aromatic nitrogens is 2. The Bertz CT molecular complexity index is 1240. The molecule has 4 aromatic rings. The van der Waals surface area contributed by atoms with Gasteiger partial charge < -0.3 is 4.74 Å². The number of nitrogens with zero attached hydrogens (tertiary/aromatic N) is 3. The van der Waals surface area contributed by atoms with Gasteiger partial charge in [-0.1, -0.05) is 58.4 Å². The zero-order chi connectivity index (χ0) is 22.3. The van der Waals surface area contributed by atoms with E-state index in [1.807, 2.05) is 78.9 Å². The van der Waals surface area contributed by atoms with Crippen LogP contribution in [0.3, 0.4) is 0 Å². The molecule has 0 saturated carbocycles. The van der Waals surface area contributed by atoms with Crippen LogP contribution in [0.15, 0.2) is 99.1 Å². The van der Waals surface area contributed by atoms with E-state index in [2.05, 4.69) is 47.5 Å². The summed E-state index contributed by atoms with van der Waals surface area (Å²) in [4.78, 5) is 12.5. The van der Waals surface area contributed by atoms with Crippen LogP contribution in [0.4, 0.5) is 0 Å². The van der Waals surface area contributed by atoms with Gasteiger partial charge in [0.15, 0.2) is 5.69 Å². The minimum Gasteiger partial charge on any atom is -0.457 e. The maximum Gasteiger partial charge on any atom is 0.293 e. The summed E-state index contributed by atoms with van der Waals surface area (Å²) in [5.41, 5.74) is 4.65. The Hall–Kier alpha value is -3.23. The van der Waals surface area contributed by atoms with Crippen LogP contribution in [0, 0.1) is 0 Å². The molecule has 1 heterocycles. The Morgan fingerprint density at radius 2 is 1.75 bits per heavy atom. The summed E-state index contributed by atoms with van der Waals surface area (Å²) in [6.45, 7) is 0.552. The van der Waals surface area contributed by atoms with E-state index in [4.69, 9.17) is 4.74 Å². The van der Waals surface area contributed by atoms with E-state index in [1.54, 1.807) is 17.1 Å². The number of carbonyl (C=O) groups is 1. The number of ether oxygens (including phenoxy) is 1. The molecular formula is C24H18Br2N4O2. The van der Waals surface area contributed by atoms with E-state index >= 15 is 0 Å². The molecule has 8 heteroatoms. The van der Waals surface area contributed by atoms with E-state index in [0.29, 0.717) is 16.8 Å². The van der Waals surface area contributed by atoms with Crippen molar-refractivity contribution in [3.05, 3.63) is 111 Å². The molecule has 0 aliphatic rings. The van der Waals surface area contributed by atoms with Crippen molar-refractivity contribution in [2.24, 2.45) is 5.10 Å². The van der Waals surface area contributed by atoms with Crippen molar-refractivity contribution < 1.29 is 9.53 Å². The summed E-state index contributed by atoms with van der Waals surface area (Å²) >= 11 is 6.82. The highest BCUT2D eigenvalue weighted by Gasteiger charge is 2.15. The van der Waals surface area contributed by atoms with Crippen LogP contribution in [0.5, 0.6) is 11.5 Å². The van der Waals surface area contributed by atoms with Gasteiger partial charge in [0.05, 0.1) is 17.2 Å². The Labute approximate surface area is 202 Å². The quantitative estimate of drug-likeness (QED) is 0.225. The smallest absolute Gasteiger partial charge is 0.293 e. The first-order valence-electron chi connectivity index (χ1n) is 9.70. The monoisotopic (exact) mass is 552 g/mol. The number of halogens is 2. The second kappa shape index (κ2) is 10.4. The van der Waals surface area contributed by atoms with Crippen molar-refractivity contribution in [2.75, 3.05) is 0 Å². The van der Waals surface area contributed by atoms with E-state index in [-0.39, 0.29) is 5.69 Å². The van der Waals surface area contributed by atoms with Gasteiger partial charge in [-0.25, -0.2) is 5.43 Å². The first-order chi connectivity index (χ1) is 15.6. The number of hydrogen-bond acceptors (Lipinski definition) is 4. The van der Waals surface area contributed by atoms with Gasteiger partial charge in [0.2, 0.25) is 0 Å². The lowest BCUT2D eigenvalue weighted by molar-refractivity contribution is 0.0948. The Morgan fingerprint density at radius 1 is 1.00 bits per heavy atom. The first kappa shape index (κ1) is 22.0. The number of benzene rings is 3. The third-order valence-electron chi connectivity index (χ3n) is 4.41. The fourth-order valence-electron chi connectivity index (χ4n) is 2.91. The first-order valence-corrected chi connectivity index (χ1v) is 11.3. The molecule has 0 spiro atoms. The van der Waals surface area contributed by atoms with Crippen LogP contribution in [0.1, 0.15) is 21.6 Å². The van der Waals surface area contributed by atoms with Crippen molar-refractivity contribution in [1.82, 2.24) is 15.2 Å². The average molecular weight is 554 g/mol. The number of carbonyl (C=O) groups excluding carboxylic acids is 1. The topological polar surface area (TPSA) is 68.5 Å². The van der Waals surface area contributed by atoms with Crippen molar-refractivity contribution in [2.45, 2.75) is 6.54 Å². The molecule has 4 rings (SSSR count). The van der Waals surface area contributed by atoms with Crippen LogP contribution in [0.25, 0.3) is 0 Å². The molecule has 0 aliphatic carbocycles. The van der Waals surface area contributed by atoms with Gasteiger partial charge in [-0.2, -0.15) is 10.2 Å². The standard InChI is InChI=1S/C24H18Br2N4O2/c25-19-11-9-17(10-12-19)15-30-16-22(26)23(29-30)24(31)28-27-14-18-5-4-8-21(13-18)32-20-6-2-1-3-7-20/h1-14,16H,15H2,(H,28,31). The van der Waals surface area contributed by atoms with Crippen LogP contribution >= 0.6 is 31.9 Å². The maximum absolute atomic E-state index is 12.5. The number of rotatable bonds is 7. The Balaban J connectivity index is 1.38. The van der Waals surface area contributed by atoms with Crippen LogP contribution in [-0.4, -0.2) is 21.9 Å². The molecule has 160 valence electrons. The molecule has 0 radical (unpaired) electrons. The van der Waals surface area contributed by atoms with Gasteiger partial charge in [-0.15, -0.1) is 0 Å². The van der Waals surface area contributed by atoms with Crippen molar-refractivity contribution in [3.8, 4) is 11.5 Å². The molecule has 6 nitrogen and oxygen atoms in total. The molecule has 0 atom stereocenters. The molecule has 0 fully saturated rings. The van der Waals surface area contributed by atoms with Gasteiger partial charge in [-0.05, 0) is 63.5 Å². The maximum atomic E-state index is 12.5. The predicted molar refractivity (Wildman–Crippen MR) is 131 cm³/mol. The third-order valence-corrected chi connectivity index (χ3v) is 5.52. The Kier molecular flexibility index (Phi) is 7.14. The minimum absolute atomic E-state index is 0.264. The van der Waals surface area contributed by atoms with Gasteiger partial charge in [0, 0.05) is 10.7 Å².